The molecule has 7 nitrogen and oxygen atoms in total. The van der Waals surface area contributed by atoms with E-state index in [0.717, 1.165) is 44.9 Å². The minimum Gasteiger partial charge on any atom is -0.383 e. The number of hydrogen-bond acceptors (Lipinski definition) is 5. The summed E-state index contributed by atoms with van der Waals surface area (Å²) in [6, 6.07) is 3.81. The number of likely N-dealkylation sites (tertiary alicyclic amines) is 1. The van der Waals surface area contributed by atoms with E-state index in [-0.39, 0.29) is 17.7 Å². The molecule has 0 unspecified atom stereocenters. The van der Waals surface area contributed by atoms with Crippen molar-refractivity contribution >= 4 is 11.8 Å². The quantitative estimate of drug-likeness (QED) is 0.737. The van der Waals surface area contributed by atoms with E-state index in [1.807, 2.05) is 17.0 Å². The van der Waals surface area contributed by atoms with Crippen molar-refractivity contribution in [2.45, 2.75) is 13.0 Å². The van der Waals surface area contributed by atoms with Crippen molar-refractivity contribution in [2.75, 3.05) is 53.0 Å². The Kier molecular flexibility index (Phi) is 5.99. The van der Waals surface area contributed by atoms with Crippen molar-refractivity contribution in [1.29, 1.82) is 0 Å². The second-order valence-electron chi connectivity index (χ2n) is 6.69. The van der Waals surface area contributed by atoms with Gasteiger partial charge in [0, 0.05) is 71.7 Å². The summed E-state index contributed by atoms with van der Waals surface area (Å²) in [6.07, 6.45) is 3.77. The Hall–Kier alpha value is -1.99. The number of carbonyl (C=O) groups is 2. The van der Waals surface area contributed by atoms with Crippen LogP contribution >= 0.6 is 0 Å². The van der Waals surface area contributed by atoms with Gasteiger partial charge < -0.3 is 14.5 Å². The van der Waals surface area contributed by atoms with Gasteiger partial charge >= 0.3 is 0 Å². The Morgan fingerprint density at radius 3 is 2.64 bits per heavy atom. The van der Waals surface area contributed by atoms with Crippen LogP contribution in [0.15, 0.2) is 24.5 Å². The van der Waals surface area contributed by atoms with E-state index in [0.29, 0.717) is 19.5 Å². The van der Waals surface area contributed by atoms with E-state index in [9.17, 15) is 9.59 Å². The second-order valence-corrected chi connectivity index (χ2v) is 6.69. The zero-order valence-electron chi connectivity index (χ0n) is 14.8. The Bertz CT molecular complexity index is 587. The number of pyridine rings is 1. The lowest BCUT2D eigenvalue weighted by atomic mass is 10.1. The van der Waals surface area contributed by atoms with Crippen LogP contribution in [0.2, 0.25) is 0 Å². The normalized spacial score (nSPS) is 21.8. The van der Waals surface area contributed by atoms with E-state index in [2.05, 4.69) is 9.88 Å². The molecule has 0 saturated carbocycles. The summed E-state index contributed by atoms with van der Waals surface area (Å²) in [5.74, 6) is -0.0225. The van der Waals surface area contributed by atoms with Gasteiger partial charge in [0.15, 0.2) is 0 Å². The molecule has 1 aromatic heterocycles. The summed E-state index contributed by atoms with van der Waals surface area (Å²) in [7, 11) is 1.70. The predicted octanol–water partition coefficient (Wildman–Crippen LogP) is 0.221. The predicted molar refractivity (Wildman–Crippen MR) is 92.7 cm³/mol. The van der Waals surface area contributed by atoms with E-state index in [1.54, 1.807) is 24.4 Å². The first kappa shape index (κ1) is 17.8. The first-order chi connectivity index (χ1) is 12.2. The van der Waals surface area contributed by atoms with Crippen molar-refractivity contribution in [3.05, 3.63) is 30.1 Å². The maximum absolute atomic E-state index is 12.8. The average Bonchev–Trinajstić information content (AvgIpc) is 3.01. The zero-order valence-corrected chi connectivity index (χ0v) is 14.8. The van der Waals surface area contributed by atoms with Gasteiger partial charge in [0.1, 0.15) is 0 Å². The molecule has 0 N–H and O–H groups in total. The van der Waals surface area contributed by atoms with Crippen LogP contribution in [0.25, 0.3) is 0 Å². The third-order valence-electron chi connectivity index (χ3n) is 4.98. The molecule has 1 atom stereocenters. The van der Waals surface area contributed by atoms with Gasteiger partial charge in [-0.25, -0.2) is 0 Å². The van der Waals surface area contributed by atoms with Crippen LogP contribution in [0.3, 0.4) is 0 Å². The number of amides is 2. The monoisotopic (exact) mass is 346 g/mol. The van der Waals surface area contributed by atoms with Crippen molar-refractivity contribution in [3.8, 4) is 0 Å². The molecule has 2 aliphatic rings. The Labute approximate surface area is 148 Å². The van der Waals surface area contributed by atoms with Gasteiger partial charge in [0.05, 0.1) is 12.5 Å². The van der Waals surface area contributed by atoms with Gasteiger partial charge in [-0.05, 0) is 17.7 Å². The molecule has 1 aromatic rings. The van der Waals surface area contributed by atoms with Gasteiger partial charge in [0.2, 0.25) is 11.8 Å². The maximum Gasteiger partial charge on any atom is 0.228 e. The van der Waals surface area contributed by atoms with Crippen LogP contribution in [0.4, 0.5) is 0 Å². The molecule has 0 aromatic carbocycles. The van der Waals surface area contributed by atoms with E-state index in [1.165, 1.54) is 0 Å². The number of nitrogens with zero attached hydrogens (tertiary/aromatic N) is 4. The van der Waals surface area contributed by atoms with Crippen LogP contribution in [0.5, 0.6) is 0 Å². The van der Waals surface area contributed by atoms with Crippen LogP contribution in [0.1, 0.15) is 12.0 Å². The largest absolute Gasteiger partial charge is 0.383 e. The highest BCUT2D eigenvalue weighted by Gasteiger charge is 2.37. The smallest absolute Gasteiger partial charge is 0.228 e. The number of aromatic nitrogens is 1. The highest BCUT2D eigenvalue weighted by atomic mass is 16.5. The highest BCUT2D eigenvalue weighted by Crippen LogP contribution is 2.22. The molecule has 0 spiro atoms. The molecule has 2 fully saturated rings. The molecule has 7 heteroatoms. The SMILES string of the molecule is COCCN1CCN(C(=O)[C@H]2CC(=O)N(Cc3ccncc3)C2)CC1. The first-order valence-electron chi connectivity index (χ1n) is 8.84. The van der Waals surface area contributed by atoms with Gasteiger partial charge in [-0.15, -0.1) is 0 Å². The van der Waals surface area contributed by atoms with Crippen LogP contribution in [0, 0.1) is 5.92 Å². The number of methoxy groups -OCH3 is 1. The van der Waals surface area contributed by atoms with E-state index >= 15 is 0 Å². The standard InChI is InChI=1S/C18H26N4O3/c1-25-11-10-20-6-8-21(9-7-20)18(24)16-12-17(23)22(14-16)13-15-2-4-19-5-3-15/h2-5,16H,6-14H2,1H3/t16-/m0/s1. The van der Waals surface area contributed by atoms with Crippen molar-refractivity contribution in [2.24, 2.45) is 5.92 Å². The van der Waals surface area contributed by atoms with Gasteiger partial charge in [-0.3, -0.25) is 19.5 Å². The Morgan fingerprint density at radius 2 is 1.96 bits per heavy atom. The molecular formula is C18H26N4O3. The van der Waals surface area contributed by atoms with Crippen LogP contribution in [-0.4, -0.2) is 84.5 Å². The molecule has 2 saturated heterocycles. The fourth-order valence-corrected chi connectivity index (χ4v) is 3.47. The summed E-state index contributed by atoms with van der Waals surface area (Å²) in [5, 5.41) is 0. The van der Waals surface area contributed by atoms with Crippen molar-refractivity contribution < 1.29 is 14.3 Å². The maximum atomic E-state index is 12.8. The third-order valence-corrected chi connectivity index (χ3v) is 4.98. The minimum absolute atomic E-state index is 0.0638. The zero-order chi connectivity index (χ0) is 17.6. The summed E-state index contributed by atoms with van der Waals surface area (Å²) in [4.78, 5) is 35.0. The summed E-state index contributed by atoms with van der Waals surface area (Å²) in [5.41, 5.74) is 1.04. The minimum atomic E-state index is -0.208. The Balaban J connectivity index is 1.49. The molecule has 0 bridgehead atoms. The molecule has 0 aliphatic carbocycles. The fraction of sp³-hybridized carbons (Fsp3) is 0.611. The molecule has 136 valence electrons. The molecule has 25 heavy (non-hydrogen) atoms. The highest BCUT2D eigenvalue weighted by molar-refractivity contribution is 5.89. The Morgan fingerprint density at radius 1 is 1.24 bits per heavy atom. The number of carbonyl (C=O) groups excluding carboxylic acids is 2. The van der Waals surface area contributed by atoms with E-state index < -0.39 is 0 Å². The number of piperazine rings is 1. The molecule has 2 aliphatic heterocycles. The lowest BCUT2D eigenvalue weighted by molar-refractivity contribution is -0.137. The van der Waals surface area contributed by atoms with E-state index in [4.69, 9.17) is 4.74 Å². The van der Waals surface area contributed by atoms with Gasteiger partial charge in [-0.2, -0.15) is 0 Å². The lowest BCUT2D eigenvalue weighted by Gasteiger charge is -2.35. The van der Waals surface area contributed by atoms with Crippen molar-refractivity contribution in [1.82, 2.24) is 19.7 Å². The topological polar surface area (TPSA) is 66.0 Å². The third kappa shape index (κ3) is 4.55. The molecule has 2 amide bonds. The average molecular weight is 346 g/mol. The second kappa shape index (κ2) is 8.40. The molecule has 3 heterocycles. The van der Waals surface area contributed by atoms with Crippen LogP contribution < -0.4 is 0 Å². The number of ether oxygens (including phenoxy) is 1. The molecular weight excluding hydrogens is 320 g/mol. The first-order valence-corrected chi connectivity index (χ1v) is 8.84. The van der Waals surface area contributed by atoms with Crippen LogP contribution in [-0.2, 0) is 20.9 Å². The summed E-state index contributed by atoms with van der Waals surface area (Å²) in [6.45, 7) is 5.90. The number of rotatable bonds is 6. The molecule has 0 radical (unpaired) electrons. The number of hydrogen-bond donors (Lipinski definition) is 0. The van der Waals surface area contributed by atoms with Crippen molar-refractivity contribution in [3.63, 3.8) is 0 Å². The fourth-order valence-electron chi connectivity index (χ4n) is 3.47. The molecule has 3 rings (SSSR count). The summed E-state index contributed by atoms with van der Waals surface area (Å²) >= 11 is 0. The summed E-state index contributed by atoms with van der Waals surface area (Å²) < 4.78 is 5.10. The lowest BCUT2D eigenvalue weighted by Crippen LogP contribution is -2.51. The van der Waals surface area contributed by atoms with Gasteiger partial charge in [0.25, 0.3) is 0 Å². The van der Waals surface area contributed by atoms with Gasteiger partial charge in [-0.1, -0.05) is 0 Å².